The summed E-state index contributed by atoms with van der Waals surface area (Å²) in [4.78, 5) is 0. The Labute approximate surface area is 104 Å². The van der Waals surface area contributed by atoms with Crippen LogP contribution >= 0.6 is 0 Å². The summed E-state index contributed by atoms with van der Waals surface area (Å²) >= 11 is 0. The normalized spacial score (nSPS) is 18.2. The maximum atomic E-state index is 6.08. The van der Waals surface area contributed by atoms with E-state index in [2.05, 4.69) is 31.2 Å². The Morgan fingerprint density at radius 1 is 1.47 bits per heavy atom. The topological polar surface area (TPSA) is 55.9 Å². The predicted molar refractivity (Wildman–Crippen MR) is 72.2 cm³/mol. The summed E-state index contributed by atoms with van der Waals surface area (Å²) < 4.78 is 1.99. The van der Waals surface area contributed by atoms with Crippen LogP contribution in [0, 0.1) is 12.3 Å². The second kappa shape index (κ2) is 4.24. The zero-order chi connectivity index (χ0) is 12.6. The summed E-state index contributed by atoms with van der Waals surface area (Å²) in [5.41, 5.74) is 8.24. The number of hydrogen-bond donors (Lipinski definition) is 2. The SMILES string of the molecule is Cc1nn(C(C)C)c(NCC2(C)CCC2)c1N. The molecule has 0 spiro atoms. The molecule has 0 radical (unpaired) electrons. The monoisotopic (exact) mass is 236 g/mol. The molecule has 0 unspecified atom stereocenters. The Balaban J connectivity index is 2.13. The molecule has 1 aliphatic rings. The van der Waals surface area contributed by atoms with E-state index in [1.54, 1.807) is 0 Å². The smallest absolute Gasteiger partial charge is 0.148 e. The molecule has 0 atom stereocenters. The zero-order valence-corrected chi connectivity index (χ0v) is 11.4. The molecule has 0 aliphatic heterocycles. The summed E-state index contributed by atoms with van der Waals surface area (Å²) in [5, 5.41) is 7.98. The second-order valence-electron chi connectivity index (χ2n) is 5.90. The molecule has 2 rings (SSSR count). The van der Waals surface area contributed by atoms with Crippen LogP contribution < -0.4 is 11.1 Å². The van der Waals surface area contributed by atoms with Crippen molar-refractivity contribution in [1.29, 1.82) is 0 Å². The average Bonchev–Trinajstić information content (AvgIpc) is 2.51. The largest absolute Gasteiger partial charge is 0.394 e. The van der Waals surface area contributed by atoms with Gasteiger partial charge in [0, 0.05) is 12.6 Å². The second-order valence-corrected chi connectivity index (χ2v) is 5.90. The molecule has 1 aromatic heterocycles. The van der Waals surface area contributed by atoms with Crippen molar-refractivity contribution in [2.45, 2.75) is 53.0 Å². The van der Waals surface area contributed by atoms with Crippen molar-refractivity contribution in [2.75, 3.05) is 17.6 Å². The van der Waals surface area contributed by atoms with Gasteiger partial charge in [-0.25, -0.2) is 4.68 Å². The van der Waals surface area contributed by atoms with E-state index in [-0.39, 0.29) is 0 Å². The van der Waals surface area contributed by atoms with E-state index >= 15 is 0 Å². The molecule has 3 N–H and O–H groups in total. The number of hydrogen-bond acceptors (Lipinski definition) is 3. The highest BCUT2D eigenvalue weighted by Crippen LogP contribution is 2.40. The fourth-order valence-electron chi connectivity index (χ4n) is 2.36. The fraction of sp³-hybridized carbons (Fsp3) is 0.769. The lowest BCUT2D eigenvalue weighted by Gasteiger charge is -2.38. The number of nitrogens with two attached hydrogens (primary N) is 1. The van der Waals surface area contributed by atoms with Crippen molar-refractivity contribution in [3.63, 3.8) is 0 Å². The molecule has 4 nitrogen and oxygen atoms in total. The number of anilines is 2. The molecule has 1 aliphatic carbocycles. The zero-order valence-electron chi connectivity index (χ0n) is 11.4. The van der Waals surface area contributed by atoms with Gasteiger partial charge in [0.2, 0.25) is 0 Å². The molecular formula is C13H24N4. The number of aromatic nitrogens is 2. The first-order valence-corrected chi connectivity index (χ1v) is 6.51. The van der Waals surface area contributed by atoms with Gasteiger partial charge in [-0.05, 0) is 39.0 Å². The minimum Gasteiger partial charge on any atom is -0.394 e. The summed E-state index contributed by atoms with van der Waals surface area (Å²) in [5.74, 6) is 0.991. The molecule has 1 aromatic rings. The van der Waals surface area contributed by atoms with E-state index in [9.17, 15) is 0 Å². The average molecular weight is 236 g/mol. The Bertz CT molecular complexity index is 402. The van der Waals surface area contributed by atoms with Gasteiger partial charge in [-0.15, -0.1) is 0 Å². The molecule has 0 amide bonds. The maximum Gasteiger partial charge on any atom is 0.148 e. The Kier molecular flexibility index (Phi) is 3.06. The van der Waals surface area contributed by atoms with Crippen LogP contribution in [0.25, 0.3) is 0 Å². The highest BCUT2D eigenvalue weighted by molar-refractivity contribution is 5.65. The van der Waals surface area contributed by atoms with Crippen LogP contribution in [-0.2, 0) is 0 Å². The molecule has 0 saturated heterocycles. The first-order chi connectivity index (χ1) is 7.93. The molecule has 17 heavy (non-hydrogen) atoms. The quantitative estimate of drug-likeness (QED) is 0.845. The fourth-order valence-corrected chi connectivity index (χ4v) is 2.36. The van der Waals surface area contributed by atoms with E-state index in [1.165, 1.54) is 19.3 Å². The lowest BCUT2D eigenvalue weighted by Crippen LogP contribution is -2.34. The molecule has 96 valence electrons. The van der Waals surface area contributed by atoms with Crippen molar-refractivity contribution in [3.8, 4) is 0 Å². The lowest BCUT2D eigenvalue weighted by atomic mass is 9.70. The molecule has 0 bridgehead atoms. The van der Waals surface area contributed by atoms with Gasteiger partial charge in [0.15, 0.2) is 0 Å². The van der Waals surface area contributed by atoms with Gasteiger partial charge in [0.25, 0.3) is 0 Å². The van der Waals surface area contributed by atoms with Gasteiger partial charge in [-0.1, -0.05) is 13.3 Å². The Morgan fingerprint density at radius 2 is 2.12 bits per heavy atom. The van der Waals surface area contributed by atoms with Gasteiger partial charge in [-0.3, -0.25) is 0 Å². The van der Waals surface area contributed by atoms with E-state index in [4.69, 9.17) is 5.73 Å². The van der Waals surface area contributed by atoms with Crippen LogP contribution in [0.5, 0.6) is 0 Å². The van der Waals surface area contributed by atoms with Crippen molar-refractivity contribution >= 4 is 11.5 Å². The van der Waals surface area contributed by atoms with Crippen LogP contribution in [0.15, 0.2) is 0 Å². The highest BCUT2D eigenvalue weighted by atomic mass is 15.4. The number of rotatable bonds is 4. The van der Waals surface area contributed by atoms with Crippen molar-refractivity contribution in [3.05, 3.63) is 5.69 Å². The summed E-state index contributed by atoms with van der Waals surface area (Å²) in [7, 11) is 0. The third kappa shape index (κ3) is 2.26. The number of aryl methyl sites for hydroxylation is 1. The summed E-state index contributed by atoms with van der Waals surface area (Å²) in [6.07, 6.45) is 3.99. The maximum absolute atomic E-state index is 6.08. The van der Waals surface area contributed by atoms with Crippen molar-refractivity contribution < 1.29 is 0 Å². The number of nitrogens with zero attached hydrogens (tertiary/aromatic N) is 2. The van der Waals surface area contributed by atoms with Crippen LogP contribution in [0.2, 0.25) is 0 Å². The van der Waals surface area contributed by atoms with Crippen molar-refractivity contribution in [1.82, 2.24) is 9.78 Å². The standard InChI is InChI=1S/C13H24N4/c1-9(2)17-12(11(14)10(3)16-17)15-8-13(4)6-5-7-13/h9,15H,5-8,14H2,1-4H3. The van der Waals surface area contributed by atoms with Gasteiger partial charge in [-0.2, -0.15) is 5.10 Å². The molecule has 1 saturated carbocycles. The van der Waals surface area contributed by atoms with Crippen LogP contribution in [0.1, 0.15) is 51.8 Å². The summed E-state index contributed by atoms with van der Waals surface area (Å²) in [6.45, 7) is 9.55. The highest BCUT2D eigenvalue weighted by Gasteiger charge is 2.32. The molecular weight excluding hydrogens is 212 g/mol. The van der Waals surface area contributed by atoms with E-state index in [0.29, 0.717) is 11.5 Å². The molecule has 4 heteroatoms. The van der Waals surface area contributed by atoms with Crippen LogP contribution in [-0.4, -0.2) is 16.3 Å². The van der Waals surface area contributed by atoms with E-state index < -0.39 is 0 Å². The third-order valence-corrected chi connectivity index (χ3v) is 3.86. The van der Waals surface area contributed by atoms with Gasteiger partial charge in [0.05, 0.1) is 11.4 Å². The van der Waals surface area contributed by atoms with Gasteiger partial charge >= 0.3 is 0 Å². The first-order valence-electron chi connectivity index (χ1n) is 6.51. The van der Waals surface area contributed by atoms with E-state index in [0.717, 1.165) is 23.7 Å². The Morgan fingerprint density at radius 3 is 2.59 bits per heavy atom. The third-order valence-electron chi connectivity index (χ3n) is 3.86. The van der Waals surface area contributed by atoms with Crippen LogP contribution in [0.3, 0.4) is 0 Å². The number of nitrogens with one attached hydrogen (secondary N) is 1. The lowest BCUT2D eigenvalue weighted by molar-refractivity contribution is 0.179. The minimum atomic E-state index is 0.336. The van der Waals surface area contributed by atoms with E-state index in [1.807, 2.05) is 11.6 Å². The van der Waals surface area contributed by atoms with Gasteiger partial charge < -0.3 is 11.1 Å². The minimum absolute atomic E-state index is 0.336. The van der Waals surface area contributed by atoms with Gasteiger partial charge in [0.1, 0.15) is 5.82 Å². The predicted octanol–water partition coefficient (Wildman–Crippen LogP) is 2.96. The van der Waals surface area contributed by atoms with Crippen LogP contribution in [0.4, 0.5) is 11.5 Å². The molecule has 1 heterocycles. The molecule has 0 aromatic carbocycles. The Hall–Kier alpha value is -1.19. The first kappa shape index (κ1) is 12.3. The number of nitrogen functional groups attached to an aromatic ring is 1. The summed E-state index contributed by atoms with van der Waals surface area (Å²) in [6, 6.07) is 0.336. The van der Waals surface area contributed by atoms with Crippen molar-refractivity contribution in [2.24, 2.45) is 5.41 Å². The molecule has 1 fully saturated rings.